The molecule has 2 heterocycles. The first-order valence-electron chi connectivity index (χ1n) is 5.51. The van der Waals surface area contributed by atoms with Crippen molar-refractivity contribution in [3.8, 4) is 23.0 Å². The maximum absolute atomic E-state index is 5.26. The minimum atomic E-state index is 0.446. The van der Waals surface area contributed by atoms with Gasteiger partial charge in [0, 0.05) is 18.0 Å². The Morgan fingerprint density at radius 1 is 1.11 bits per heavy atom. The van der Waals surface area contributed by atoms with Crippen LogP contribution in [0, 0.1) is 6.92 Å². The van der Waals surface area contributed by atoms with Gasteiger partial charge in [-0.15, -0.1) is 0 Å². The SMILES string of the molecule is Cc1ccccc1-c1nc(-c2cnccn2)no1. The lowest BCUT2D eigenvalue weighted by molar-refractivity contribution is 0.432. The highest BCUT2D eigenvalue weighted by Gasteiger charge is 2.12. The van der Waals surface area contributed by atoms with Gasteiger partial charge in [-0.25, -0.2) is 4.98 Å². The first kappa shape index (κ1) is 10.6. The zero-order valence-electron chi connectivity index (χ0n) is 9.74. The van der Waals surface area contributed by atoms with Crippen molar-refractivity contribution in [3.63, 3.8) is 0 Å². The maximum Gasteiger partial charge on any atom is 0.258 e. The Kier molecular flexibility index (Phi) is 2.57. The largest absolute Gasteiger partial charge is 0.334 e. The summed E-state index contributed by atoms with van der Waals surface area (Å²) in [7, 11) is 0. The lowest BCUT2D eigenvalue weighted by Gasteiger charge is -1.97. The Hall–Kier alpha value is -2.56. The third-order valence-electron chi connectivity index (χ3n) is 2.59. The number of aromatic nitrogens is 4. The second-order valence-corrected chi connectivity index (χ2v) is 3.83. The molecule has 0 aliphatic heterocycles. The van der Waals surface area contributed by atoms with Gasteiger partial charge in [0.1, 0.15) is 5.69 Å². The van der Waals surface area contributed by atoms with Crippen molar-refractivity contribution >= 4 is 0 Å². The van der Waals surface area contributed by atoms with Crippen LogP contribution in [0.4, 0.5) is 0 Å². The zero-order chi connectivity index (χ0) is 12.4. The number of hydrogen-bond acceptors (Lipinski definition) is 5. The molecular formula is C13H10N4O. The predicted molar refractivity (Wildman–Crippen MR) is 65.5 cm³/mol. The quantitative estimate of drug-likeness (QED) is 0.686. The highest BCUT2D eigenvalue weighted by molar-refractivity contribution is 5.60. The third kappa shape index (κ3) is 1.86. The molecular weight excluding hydrogens is 228 g/mol. The molecule has 5 heteroatoms. The molecule has 3 aromatic rings. The van der Waals surface area contributed by atoms with Gasteiger partial charge in [0.15, 0.2) is 0 Å². The molecule has 3 rings (SSSR count). The van der Waals surface area contributed by atoms with E-state index in [4.69, 9.17) is 4.52 Å². The zero-order valence-corrected chi connectivity index (χ0v) is 9.74. The minimum Gasteiger partial charge on any atom is -0.334 e. The molecule has 88 valence electrons. The monoisotopic (exact) mass is 238 g/mol. The molecule has 0 fully saturated rings. The fourth-order valence-corrected chi connectivity index (χ4v) is 1.66. The van der Waals surface area contributed by atoms with E-state index in [1.54, 1.807) is 18.6 Å². The second-order valence-electron chi connectivity index (χ2n) is 3.83. The fourth-order valence-electron chi connectivity index (χ4n) is 1.66. The second kappa shape index (κ2) is 4.37. The number of benzene rings is 1. The van der Waals surface area contributed by atoms with Crippen LogP contribution in [0.15, 0.2) is 47.4 Å². The Bertz CT molecular complexity index is 664. The van der Waals surface area contributed by atoms with E-state index in [9.17, 15) is 0 Å². The Morgan fingerprint density at radius 2 is 2.00 bits per heavy atom. The van der Waals surface area contributed by atoms with Crippen LogP contribution in [0.5, 0.6) is 0 Å². The first-order chi connectivity index (χ1) is 8.84. The average molecular weight is 238 g/mol. The van der Waals surface area contributed by atoms with Gasteiger partial charge in [0.25, 0.3) is 5.89 Å². The van der Waals surface area contributed by atoms with Crippen LogP contribution < -0.4 is 0 Å². The molecule has 2 aromatic heterocycles. The van der Waals surface area contributed by atoms with Gasteiger partial charge in [-0.1, -0.05) is 23.4 Å². The molecule has 0 aliphatic carbocycles. The van der Waals surface area contributed by atoms with Gasteiger partial charge in [0.2, 0.25) is 5.82 Å². The van der Waals surface area contributed by atoms with Gasteiger partial charge in [-0.3, -0.25) is 4.98 Å². The van der Waals surface area contributed by atoms with Crippen molar-refractivity contribution in [3.05, 3.63) is 48.4 Å². The molecule has 0 amide bonds. The molecule has 0 radical (unpaired) electrons. The molecule has 0 N–H and O–H groups in total. The Morgan fingerprint density at radius 3 is 2.78 bits per heavy atom. The molecule has 0 spiro atoms. The predicted octanol–water partition coefficient (Wildman–Crippen LogP) is 2.50. The molecule has 0 saturated heterocycles. The number of aryl methyl sites for hydroxylation is 1. The van der Waals surface area contributed by atoms with E-state index in [-0.39, 0.29) is 0 Å². The van der Waals surface area contributed by atoms with Crippen molar-refractivity contribution in [2.24, 2.45) is 0 Å². The van der Waals surface area contributed by atoms with E-state index < -0.39 is 0 Å². The van der Waals surface area contributed by atoms with E-state index >= 15 is 0 Å². The van der Waals surface area contributed by atoms with Crippen LogP contribution in [0.1, 0.15) is 5.56 Å². The summed E-state index contributed by atoms with van der Waals surface area (Å²) in [6, 6.07) is 7.86. The summed E-state index contributed by atoms with van der Waals surface area (Å²) < 4.78 is 5.26. The number of hydrogen-bond donors (Lipinski definition) is 0. The summed E-state index contributed by atoms with van der Waals surface area (Å²) in [4.78, 5) is 12.4. The van der Waals surface area contributed by atoms with Crippen molar-refractivity contribution in [1.29, 1.82) is 0 Å². The molecule has 5 nitrogen and oxygen atoms in total. The maximum atomic E-state index is 5.26. The topological polar surface area (TPSA) is 64.7 Å². The van der Waals surface area contributed by atoms with Gasteiger partial charge in [-0.2, -0.15) is 4.98 Å². The first-order valence-corrected chi connectivity index (χ1v) is 5.51. The van der Waals surface area contributed by atoms with Crippen molar-refractivity contribution in [1.82, 2.24) is 20.1 Å². The Labute approximate surface area is 104 Å². The van der Waals surface area contributed by atoms with Crippen LogP contribution >= 0.6 is 0 Å². The lowest BCUT2D eigenvalue weighted by atomic mass is 10.1. The highest BCUT2D eigenvalue weighted by atomic mass is 16.5. The molecule has 0 atom stereocenters. The van der Waals surface area contributed by atoms with Gasteiger partial charge in [0.05, 0.1) is 6.20 Å². The van der Waals surface area contributed by atoms with Crippen LogP contribution in [0.25, 0.3) is 23.0 Å². The van der Waals surface area contributed by atoms with Gasteiger partial charge >= 0.3 is 0 Å². The molecule has 0 aliphatic rings. The minimum absolute atomic E-state index is 0.446. The smallest absolute Gasteiger partial charge is 0.258 e. The highest BCUT2D eigenvalue weighted by Crippen LogP contribution is 2.23. The fraction of sp³-hybridized carbons (Fsp3) is 0.0769. The van der Waals surface area contributed by atoms with E-state index in [0.717, 1.165) is 11.1 Å². The van der Waals surface area contributed by atoms with E-state index in [0.29, 0.717) is 17.4 Å². The summed E-state index contributed by atoms with van der Waals surface area (Å²) >= 11 is 0. The summed E-state index contributed by atoms with van der Waals surface area (Å²) in [5, 5.41) is 3.92. The summed E-state index contributed by atoms with van der Waals surface area (Å²) in [6.45, 7) is 2.00. The molecule has 1 aromatic carbocycles. The third-order valence-corrected chi connectivity index (χ3v) is 2.59. The molecule has 18 heavy (non-hydrogen) atoms. The summed E-state index contributed by atoms with van der Waals surface area (Å²) in [6.07, 6.45) is 4.80. The number of rotatable bonds is 2. The standard InChI is InChI=1S/C13H10N4O/c1-9-4-2-3-5-10(9)13-16-12(17-18-13)11-8-14-6-7-15-11/h2-8H,1H3. The normalized spacial score (nSPS) is 10.5. The van der Waals surface area contributed by atoms with Crippen LogP contribution in [-0.4, -0.2) is 20.1 Å². The van der Waals surface area contributed by atoms with Crippen molar-refractivity contribution in [2.75, 3.05) is 0 Å². The molecule has 0 bridgehead atoms. The summed E-state index contributed by atoms with van der Waals surface area (Å²) in [5.41, 5.74) is 2.62. The van der Waals surface area contributed by atoms with Crippen molar-refractivity contribution in [2.45, 2.75) is 6.92 Å². The molecule has 0 unspecified atom stereocenters. The molecule has 0 saturated carbocycles. The average Bonchev–Trinajstić information content (AvgIpc) is 2.90. The van der Waals surface area contributed by atoms with Gasteiger partial charge in [-0.05, 0) is 18.6 Å². The lowest BCUT2D eigenvalue weighted by Crippen LogP contribution is -1.86. The van der Waals surface area contributed by atoms with Crippen molar-refractivity contribution < 1.29 is 4.52 Å². The Balaban J connectivity index is 2.03. The number of nitrogens with zero attached hydrogens (tertiary/aromatic N) is 4. The van der Waals surface area contributed by atoms with E-state index in [1.807, 2.05) is 31.2 Å². The van der Waals surface area contributed by atoms with E-state index in [1.165, 1.54) is 0 Å². The van der Waals surface area contributed by atoms with Crippen LogP contribution in [0.3, 0.4) is 0 Å². The van der Waals surface area contributed by atoms with Crippen LogP contribution in [0.2, 0.25) is 0 Å². The van der Waals surface area contributed by atoms with E-state index in [2.05, 4.69) is 20.1 Å². The summed E-state index contributed by atoms with van der Waals surface area (Å²) in [5.74, 6) is 0.940. The van der Waals surface area contributed by atoms with Crippen LogP contribution in [-0.2, 0) is 0 Å². The van der Waals surface area contributed by atoms with Gasteiger partial charge < -0.3 is 4.52 Å².